The molecule has 150 valence electrons. The number of methoxy groups -OCH3 is 2. The van der Waals surface area contributed by atoms with Gasteiger partial charge in [-0.1, -0.05) is 17.3 Å². The molecular formula is C20H18N2O7. The normalized spacial score (nSPS) is 22.4. The summed E-state index contributed by atoms with van der Waals surface area (Å²) in [7, 11) is 2.90. The Morgan fingerprint density at radius 2 is 2.14 bits per heavy atom. The van der Waals surface area contributed by atoms with Crippen molar-refractivity contribution < 1.29 is 28.6 Å². The molecule has 9 heteroatoms. The number of carbonyl (C=O) groups is 1. The molecule has 0 fully saturated rings. The van der Waals surface area contributed by atoms with Gasteiger partial charge in [-0.2, -0.15) is 0 Å². The van der Waals surface area contributed by atoms with Gasteiger partial charge in [0.2, 0.25) is 5.75 Å². The molecule has 1 amide bonds. The summed E-state index contributed by atoms with van der Waals surface area (Å²) in [6.07, 6.45) is 5.86. The smallest absolute Gasteiger partial charge is 0.360 e. The molecule has 2 N–H and O–H groups in total. The Bertz CT molecular complexity index is 1130. The van der Waals surface area contributed by atoms with Gasteiger partial charge in [0.05, 0.1) is 14.2 Å². The van der Waals surface area contributed by atoms with Gasteiger partial charge >= 0.3 is 5.63 Å². The summed E-state index contributed by atoms with van der Waals surface area (Å²) in [5.41, 5.74) is -2.07. The third kappa shape index (κ3) is 3.25. The summed E-state index contributed by atoms with van der Waals surface area (Å²) < 4.78 is 15.8. The number of hydrogen-bond donors (Lipinski definition) is 2. The maximum Gasteiger partial charge on any atom is 0.360 e. The minimum Gasteiger partial charge on any atom is -0.493 e. The number of ether oxygens (including phenoxy) is 2. The number of nitrogens with one attached hydrogen (secondary N) is 1. The third-order valence-electron chi connectivity index (χ3n) is 4.76. The molecule has 0 radical (unpaired) electrons. The van der Waals surface area contributed by atoms with Gasteiger partial charge in [0.15, 0.2) is 17.4 Å². The van der Waals surface area contributed by atoms with E-state index >= 15 is 0 Å². The van der Waals surface area contributed by atoms with E-state index < -0.39 is 23.2 Å². The van der Waals surface area contributed by atoms with Gasteiger partial charge in [-0.3, -0.25) is 4.79 Å². The summed E-state index contributed by atoms with van der Waals surface area (Å²) in [5, 5.41) is 17.4. The summed E-state index contributed by atoms with van der Waals surface area (Å²) in [4.78, 5) is 30.2. The van der Waals surface area contributed by atoms with Crippen LogP contribution in [0.2, 0.25) is 0 Å². The molecule has 2 aliphatic rings. The number of anilines is 1. The molecule has 0 saturated heterocycles. The van der Waals surface area contributed by atoms with Crippen LogP contribution < -0.4 is 20.4 Å². The molecule has 4 rings (SSSR count). The zero-order chi connectivity index (χ0) is 20.6. The highest BCUT2D eigenvalue weighted by atomic mass is 16.6. The first-order valence-electron chi connectivity index (χ1n) is 8.76. The molecule has 0 bridgehead atoms. The molecule has 2 heterocycles. The van der Waals surface area contributed by atoms with Crippen LogP contribution >= 0.6 is 0 Å². The van der Waals surface area contributed by atoms with Gasteiger partial charge in [-0.15, -0.1) is 0 Å². The number of nitrogens with zero attached hydrogens (tertiary/aromatic N) is 1. The van der Waals surface area contributed by atoms with Crippen molar-refractivity contribution in [3.63, 3.8) is 0 Å². The summed E-state index contributed by atoms with van der Waals surface area (Å²) in [5.74, 6) is 0.00780. The van der Waals surface area contributed by atoms with Gasteiger partial charge in [-0.05, 0) is 30.4 Å². The highest BCUT2D eigenvalue weighted by molar-refractivity contribution is 6.43. The van der Waals surface area contributed by atoms with Gasteiger partial charge in [0.1, 0.15) is 17.0 Å². The molecule has 0 unspecified atom stereocenters. The van der Waals surface area contributed by atoms with Crippen LogP contribution in [0.15, 0.2) is 56.9 Å². The highest BCUT2D eigenvalue weighted by Gasteiger charge is 2.42. The Kier molecular flexibility index (Phi) is 4.59. The lowest BCUT2D eigenvalue weighted by molar-refractivity contribution is -0.112. The summed E-state index contributed by atoms with van der Waals surface area (Å²) in [6.45, 7) is 0. The maximum absolute atomic E-state index is 12.6. The van der Waals surface area contributed by atoms with Gasteiger partial charge in [-0.25, -0.2) is 4.79 Å². The fourth-order valence-corrected chi connectivity index (χ4v) is 3.25. The fraction of sp³-hybridized carbons (Fsp3) is 0.250. The van der Waals surface area contributed by atoms with E-state index in [-0.39, 0.29) is 29.2 Å². The van der Waals surface area contributed by atoms with Gasteiger partial charge in [0.25, 0.3) is 5.91 Å². The minimum atomic E-state index is -1.37. The van der Waals surface area contributed by atoms with Gasteiger partial charge < -0.3 is 29.2 Å². The second kappa shape index (κ2) is 7.10. The van der Waals surface area contributed by atoms with Crippen LogP contribution in [0.5, 0.6) is 11.5 Å². The van der Waals surface area contributed by atoms with Crippen LogP contribution in [0.3, 0.4) is 0 Å². The molecule has 2 atom stereocenters. The molecule has 9 nitrogen and oxygen atoms in total. The van der Waals surface area contributed by atoms with E-state index in [9.17, 15) is 14.7 Å². The predicted molar refractivity (Wildman–Crippen MR) is 104 cm³/mol. The number of oxime groups is 1. The average Bonchev–Trinajstić information content (AvgIpc) is 2.72. The molecule has 1 aliphatic heterocycles. The standard InChI is InChI=1S/C20H18N2O7/c1-26-14-7-6-11-9-12(19(24)28-16(11)17(14)27-2)21-18(23)13-10-20(25)8-4-3-5-15(20)29-22-13/h3-9,15,25H,10H2,1-2H3,(H,21,23)/t15-,20+/m0/s1. The number of hydrogen-bond acceptors (Lipinski definition) is 8. The Hall–Kier alpha value is -3.59. The Morgan fingerprint density at radius 1 is 1.31 bits per heavy atom. The zero-order valence-electron chi connectivity index (χ0n) is 15.7. The van der Waals surface area contributed by atoms with Crippen LogP contribution in [-0.2, 0) is 9.63 Å². The SMILES string of the molecule is COc1ccc2cc(NC(=O)C3=NO[C@H]4C=CC=C[C@@]4(O)C3)c(=O)oc2c1OC. The molecule has 0 saturated carbocycles. The first-order chi connectivity index (χ1) is 13.9. The molecule has 2 aromatic rings. The lowest BCUT2D eigenvalue weighted by atomic mass is 9.86. The number of benzene rings is 1. The summed E-state index contributed by atoms with van der Waals surface area (Å²) in [6, 6.07) is 4.79. The number of rotatable bonds is 4. The molecule has 1 aromatic heterocycles. The quantitative estimate of drug-likeness (QED) is 0.753. The molecular weight excluding hydrogens is 380 g/mol. The van der Waals surface area contributed by atoms with Crippen LogP contribution in [0.1, 0.15) is 6.42 Å². The van der Waals surface area contributed by atoms with E-state index in [1.54, 1.807) is 36.4 Å². The van der Waals surface area contributed by atoms with Crippen molar-refractivity contribution in [1.82, 2.24) is 0 Å². The third-order valence-corrected chi connectivity index (χ3v) is 4.76. The first-order valence-corrected chi connectivity index (χ1v) is 8.76. The molecule has 29 heavy (non-hydrogen) atoms. The van der Waals surface area contributed by atoms with Crippen LogP contribution in [0.25, 0.3) is 11.0 Å². The fourth-order valence-electron chi connectivity index (χ4n) is 3.25. The second-order valence-corrected chi connectivity index (χ2v) is 6.60. The van der Waals surface area contributed by atoms with E-state index in [0.717, 1.165) is 0 Å². The first kappa shape index (κ1) is 18.8. The van der Waals surface area contributed by atoms with Crippen molar-refractivity contribution in [3.05, 3.63) is 52.9 Å². The average molecular weight is 398 g/mol. The Balaban J connectivity index is 1.63. The highest BCUT2D eigenvalue weighted by Crippen LogP contribution is 2.35. The van der Waals surface area contributed by atoms with Crippen molar-refractivity contribution in [1.29, 1.82) is 0 Å². The van der Waals surface area contributed by atoms with E-state index in [4.69, 9.17) is 18.7 Å². The van der Waals surface area contributed by atoms with Crippen molar-refractivity contribution >= 4 is 28.3 Å². The van der Waals surface area contributed by atoms with Gasteiger partial charge in [0, 0.05) is 11.8 Å². The Morgan fingerprint density at radius 3 is 2.90 bits per heavy atom. The number of allylic oxidation sites excluding steroid dienone is 2. The van der Waals surface area contributed by atoms with E-state index in [1.807, 2.05) is 0 Å². The molecule has 1 aliphatic carbocycles. The van der Waals surface area contributed by atoms with Crippen LogP contribution in [0, 0.1) is 0 Å². The molecule has 0 spiro atoms. The van der Waals surface area contributed by atoms with E-state index in [1.165, 1.54) is 20.3 Å². The predicted octanol–water partition coefficient (Wildman–Crippen LogP) is 1.75. The van der Waals surface area contributed by atoms with Crippen molar-refractivity contribution in [3.8, 4) is 11.5 Å². The topological polar surface area (TPSA) is 120 Å². The molecule has 1 aromatic carbocycles. The van der Waals surface area contributed by atoms with Crippen LogP contribution in [-0.4, -0.2) is 42.7 Å². The van der Waals surface area contributed by atoms with E-state index in [0.29, 0.717) is 11.1 Å². The monoisotopic (exact) mass is 398 g/mol. The lowest BCUT2D eigenvalue weighted by Crippen LogP contribution is -2.48. The number of aliphatic hydroxyl groups is 1. The number of amides is 1. The minimum absolute atomic E-state index is 0.0458. The van der Waals surface area contributed by atoms with Crippen molar-refractivity contribution in [2.45, 2.75) is 18.1 Å². The summed E-state index contributed by atoms with van der Waals surface area (Å²) >= 11 is 0. The van der Waals surface area contributed by atoms with E-state index in [2.05, 4.69) is 10.5 Å². The maximum atomic E-state index is 12.6. The van der Waals surface area contributed by atoms with Crippen LogP contribution in [0.4, 0.5) is 5.69 Å². The Labute approximate surface area is 164 Å². The number of carbonyl (C=O) groups excluding carboxylic acids is 1. The van der Waals surface area contributed by atoms with Crippen molar-refractivity contribution in [2.75, 3.05) is 19.5 Å². The van der Waals surface area contributed by atoms with Crippen molar-refractivity contribution in [2.24, 2.45) is 5.16 Å². The number of fused-ring (bicyclic) bond motifs is 2. The largest absolute Gasteiger partial charge is 0.493 e. The lowest BCUT2D eigenvalue weighted by Gasteiger charge is -2.34. The zero-order valence-corrected chi connectivity index (χ0v) is 15.7. The second-order valence-electron chi connectivity index (χ2n) is 6.60.